The fraction of sp³-hybridized carbons (Fsp3) is 1.00. The first-order valence-electron chi connectivity index (χ1n) is 6.67. The maximum absolute atomic E-state index is 3.41. The highest BCUT2D eigenvalue weighted by molar-refractivity contribution is 4.83. The molecule has 0 amide bonds. The summed E-state index contributed by atoms with van der Waals surface area (Å²) in [5.41, 5.74) is 0. The van der Waals surface area contributed by atoms with Crippen molar-refractivity contribution in [3.63, 3.8) is 0 Å². The largest absolute Gasteiger partial charge is 0.315 e. The Kier molecular flexibility index (Phi) is 5.73. The van der Waals surface area contributed by atoms with Crippen molar-refractivity contribution >= 4 is 0 Å². The number of nitrogens with one attached hydrogen (secondary N) is 1. The molecule has 0 spiro atoms. The molecule has 1 saturated heterocycles. The van der Waals surface area contributed by atoms with E-state index in [-0.39, 0.29) is 0 Å². The van der Waals surface area contributed by atoms with Gasteiger partial charge in [-0.05, 0) is 53.9 Å². The quantitative estimate of drug-likeness (QED) is 0.740. The SMILES string of the molecule is CCC(NC)C(C)N(C)CC1CCCN1C. The lowest BCUT2D eigenvalue weighted by atomic mass is 10.1. The Morgan fingerprint density at radius 2 is 2.19 bits per heavy atom. The zero-order valence-electron chi connectivity index (χ0n) is 11.7. The first-order chi connectivity index (χ1) is 7.60. The van der Waals surface area contributed by atoms with Crippen molar-refractivity contribution in [1.29, 1.82) is 0 Å². The highest BCUT2D eigenvalue weighted by Crippen LogP contribution is 2.17. The van der Waals surface area contributed by atoms with E-state index in [4.69, 9.17) is 0 Å². The lowest BCUT2D eigenvalue weighted by molar-refractivity contribution is 0.158. The molecule has 1 fully saturated rings. The fourth-order valence-electron chi connectivity index (χ4n) is 2.80. The lowest BCUT2D eigenvalue weighted by Gasteiger charge is -2.34. The molecule has 96 valence electrons. The van der Waals surface area contributed by atoms with Crippen molar-refractivity contribution in [2.45, 2.75) is 51.2 Å². The molecule has 0 aliphatic carbocycles. The summed E-state index contributed by atoms with van der Waals surface area (Å²) in [6, 6.07) is 1.99. The van der Waals surface area contributed by atoms with Crippen molar-refractivity contribution in [2.75, 3.05) is 34.2 Å². The molecule has 1 rings (SSSR count). The molecule has 3 atom stereocenters. The molecule has 0 bridgehead atoms. The third-order valence-electron chi connectivity index (χ3n) is 4.26. The predicted molar refractivity (Wildman–Crippen MR) is 70.9 cm³/mol. The molecular formula is C13H29N3. The summed E-state index contributed by atoms with van der Waals surface area (Å²) in [5, 5.41) is 3.41. The van der Waals surface area contributed by atoms with E-state index in [1.165, 1.54) is 32.4 Å². The summed E-state index contributed by atoms with van der Waals surface area (Å²) in [6.07, 6.45) is 3.93. The maximum atomic E-state index is 3.41. The van der Waals surface area contributed by atoms with Crippen LogP contribution < -0.4 is 5.32 Å². The van der Waals surface area contributed by atoms with Gasteiger partial charge in [0.15, 0.2) is 0 Å². The number of likely N-dealkylation sites (N-methyl/N-ethyl adjacent to an activating group) is 3. The van der Waals surface area contributed by atoms with Gasteiger partial charge in [-0.25, -0.2) is 0 Å². The van der Waals surface area contributed by atoms with Crippen LogP contribution in [-0.4, -0.2) is 62.2 Å². The number of hydrogen-bond acceptors (Lipinski definition) is 3. The van der Waals surface area contributed by atoms with E-state index >= 15 is 0 Å². The topological polar surface area (TPSA) is 18.5 Å². The first kappa shape index (κ1) is 13.9. The molecule has 0 radical (unpaired) electrons. The van der Waals surface area contributed by atoms with E-state index in [2.05, 4.69) is 50.1 Å². The summed E-state index contributed by atoms with van der Waals surface area (Å²) in [4.78, 5) is 5.01. The zero-order valence-corrected chi connectivity index (χ0v) is 11.7. The van der Waals surface area contributed by atoms with E-state index in [0.717, 1.165) is 6.04 Å². The van der Waals surface area contributed by atoms with Crippen LogP contribution in [0.4, 0.5) is 0 Å². The van der Waals surface area contributed by atoms with E-state index < -0.39 is 0 Å². The van der Waals surface area contributed by atoms with Crippen molar-refractivity contribution < 1.29 is 0 Å². The summed E-state index contributed by atoms with van der Waals surface area (Å²) in [5.74, 6) is 0. The van der Waals surface area contributed by atoms with Gasteiger partial charge in [-0.3, -0.25) is 0 Å². The van der Waals surface area contributed by atoms with E-state index in [1.807, 2.05) is 0 Å². The van der Waals surface area contributed by atoms with Gasteiger partial charge >= 0.3 is 0 Å². The molecule has 16 heavy (non-hydrogen) atoms. The lowest BCUT2D eigenvalue weighted by Crippen LogP contribution is -2.49. The zero-order chi connectivity index (χ0) is 12.1. The highest BCUT2D eigenvalue weighted by atomic mass is 15.2. The number of hydrogen-bond donors (Lipinski definition) is 1. The number of nitrogens with zero attached hydrogens (tertiary/aromatic N) is 2. The molecule has 0 saturated carbocycles. The van der Waals surface area contributed by atoms with Crippen LogP contribution in [0.3, 0.4) is 0 Å². The standard InChI is InChI=1S/C13H29N3/c1-6-13(14-3)11(2)16(5)10-12-8-7-9-15(12)4/h11-14H,6-10H2,1-5H3. The average molecular weight is 227 g/mol. The maximum Gasteiger partial charge on any atom is 0.0220 e. The number of rotatable bonds is 6. The van der Waals surface area contributed by atoms with Gasteiger partial charge in [0.25, 0.3) is 0 Å². The minimum absolute atomic E-state index is 0.608. The van der Waals surface area contributed by atoms with Gasteiger partial charge in [0.05, 0.1) is 0 Å². The van der Waals surface area contributed by atoms with Gasteiger partial charge < -0.3 is 15.1 Å². The normalized spacial score (nSPS) is 26.2. The molecule has 3 nitrogen and oxygen atoms in total. The Labute approximate surface area is 101 Å². The molecule has 3 unspecified atom stereocenters. The molecule has 0 aromatic heterocycles. The van der Waals surface area contributed by atoms with Crippen molar-refractivity contribution in [2.24, 2.45) is 0 Å². The third-order valence-corrected chi connectivity index (χ3v) is 4.26. The Morgan fingerprint density at radius 1 is 1.50 bits per heavy atom. The van der Waals surface area contributed by atoms with E-state index in [9.17, 15) is 0 Å². The first-order valence-corrected chi connectivity index (χ1v) is 6.67. The van der Waals surface area contributed by atoms with E-state index in [1.54, 1.807) is 0 Å². The molecule has 3 heteroatoms. The van der Waals surface area contributed by atoms with Crippen LogP contribution in [0.25, 0.3) is 0 Å². The number of likely N-dealkylation sites (tertiary alicyclic amines) is 1. The van der Waals surface area contributed by atoms with Crippen LogP contribution in [-0.2, 0) is 0 Å². The van der Waals surface area contributed by atoms with Crippen LogP contribution in [0.1, 0.15) is 33.1 Å². The minimum atomic E-state index is 0.608. The van der Waals surface area contributed by atoms with Gasteiger partial charge in [0, 0.05) is 24.7 Å². The molecule has 0 aromatic carbocycles. The minimum Gasteiger partial charge on any atom is -0.315 e. The van der Waals surface area contributed by atoms with Crippen molar-refractivity contribution in [3.8, 4) is 0 Å². The third kappa shape index (κ3) is 3.44. The van der Waals surface area contributed by atoms with Crippen molar-refractivity contribution in [1.82, 2.24) is 15.1 Å². The Balaban J connectivity index is 2.41. The van der Waals surface area contributed by atoms with Gasteiger partial charge in [-0.2, -0.15) is 0 Å². The Hall–Kier alpha value is -0.120. The van der Waals surface area contributed by atoms with Crippen LogP contribution in [0.2, 0.25) is 0 Å². The predicted octanol–water partition coefficient (Wildman–Crippen LogP) is 1.40. The molecule has 0 aromatic rings. The smallest absolute Gasteiger partial charge is 0.0220 e. The van der Waals surface area contributed by atoms with Gasteiger partial charge in [-0.1, -0.05) is 6.92 Å². The molecule has 1 aliphatic heterocycles. The second-order valence-corrected chi connectivity index (χ2v) is 5.26. The summed E-state index contributed by atoms with van der Waals surface area (Å²) < 4.78 is 0. The summed E-state index contributed by atoms with van der Waals surface area (Å²) >= 11 is 0. The second-order valence-electron chi connectivity index (χ2n) is 5.26. The summed E-state index contributed by atoms with van der Waals surface area (Å²) in [7, 11) is 6.59. The van der Waals surface area contributed by atoms with Crippen LogP contribution in [0.15, 0.2) is 0 Å². The van der Waals surface area contributed by atoms with Crippen LogP contribution in [0, 0.1) is 0 Å². The summed E-state index contributed by atoms with van der Waals surface area (Å²) in [6.45, 7) is 7.07. The molecule has 1 heterocycles. The average Bonchev–Trinajstić information content (AvgIpc) is 2.66. The van der Waals surface area contributed by atoms with Gasteiger partial charge in [-0.15, -0.1) is 0 Å². The van der Waals surface area contributed by atoms with Crippen LogP contribution >= 0.6 is 0 Å². The highest BCUT2D eigenvalue weighted by Gasteiger charge is 2.25. The Bertz CT molecular complexity index is 192. The monoisotopic (exact) mass is 227 g/mol. The molecule has 1 aliphatic rings. The van der Waals surface area contributed by atoms with Crippen molar-refractivity contribution in [3.05, 3.63) is 0 Å². The second kappa shape index (κ2) is 6.58. The van der Waals surface area contributed by atoms with E-state index in [0.29, 0.717) is 12.1 Å². The fourth-order valence-corrected chi connectivity index (χ4v) is 2.80. The van der Waals surface area contributed by atoms with Crippen LogP contribution in [0.5, 0.6) is 0 Å². The Morgan fingerprint density at radius 3 is 2.62 bits per heavy atom. The van der Waals surface area contributed by atoms with Gasteiger partial charge in [0.1, 0.15) is 0 Å². The van der Waals surface area contributed by atoms with Gasteiger partial charge in [0.2, 0.25) is 0 Å². The molecule has 1 N–H and O–H groups in total. The molecular weight excluding hydrogens is 198 g/mol.